The van der Waals surface area contributed by atoms with E-state index in [0.717, 1.165) is 31.4 Å². The summed E-state index contributed by atoms with van der Waals surface area (Å²) in [5.41, 5.74) is 2.43. The quantitative estimate of drug-likeness (QED) is 0.444. The van der Waals surface area contributed by atoms with Gasteiger partial charge in [-0.2, -0.15) is 4.31 Å². The number of hydrogen-bond acceptors (Lipinski definition) is 6. The molecule has 1 saturated heterocycles. The molecule has 9 nitrogen and oxygen atoms in total. The highest BCUT2D eigenvalue weighted by atomic mass is 32.2. The van der Waals surface area contributed by atoms with Gasteiger partial charge in [0.05, 0.1) is 22.6 Å². The fourth-order valence-corrected chi connectivity index (χ4v) is 6.18. The monoisotopic (exact) mass is 515 g/mol. The van der Waals surface area contributed by atoms with Gasteiger partial charge in [-0.05, 0) is 50.1 Å². The maximum Gasteiger partial charge on any atom is 0.275 e. The lowest BCUT2D eigenvalue weighted by Crippen LogP contribution is -2.48. The standard InChI is InChI=1S/C26H37N5O4S/c1-5-9-19-18-30(8-4)24-23(19)27-25(28-26(24)32)21-17-20(10-11-22(21)35-16-6-2)36(33,34)31-14-12-29(7-3)13-15-31/h10-11,17-18H,5-9,12-16H2,1-4H3,(H,27,28,32). The van der Waals surface area contributed by atoms with E-state index in [1.807, 2.05) is 24.6 Å². The number of nitrogens with zero attached hydrogens (tertiary/aromatic N) is 4. The molecule has 4 rings (SSSR count). The van der Waals surface area contributed by atoms with Crippen LogP contribution in [0, 0.1) is 0 Å². The van der Waals surface area contributed by atoms with Crippen LogP contribution in [0.15, 0.2) is 34.1 Å². The van der Waals surface area contributed by atoms with Gasteiger partial charge < -0.3 is 19.2 Å². The summed E-state index contributed by atoms with van der Waals surface area (Å²) in [5, 5.41) is 0. The maximum atomic E-state index is 13.5. The molecule has 1 aliphatic heterocycles. The molecule has 1 fully saturated rings. The minimum Gasteiger partial charge on any atom is -0.493 e. The van der Waals surface area contributed by atoms with E-state index < -0.39 is 10.0 Å². The number of rotatable bonds is 10. The topological polar surface area (TPSA) is 101 Å². The van der Waals surface area contributed by atoms with Gasteiger partial charge in [-0.25, -0.2) is 13.4 Å². The van der Waals surface area contributed by atoms with Crippen LogP contribution in [-0.2, 0) is 23.0 Å². The van der Waals surface area contributed by atoms with Crippen molar-refractivity contribution >= 4 is 21.1 Å². The van der Waals surface area contributed by atoms with Crippen molar-refractivity contribution in [3.05, 3.63) is 40.3 Å². The van der Waals surface area contributed by atoms with E-state index in [1.54, 1.807) is 18.2 Å². The molecule has 1 N–H and O–H groups in total. The Labute approximate surface area is 213 Å². The summed E-state index contributed by atoms with van der Waals surface area (Å²) in [6, 6.07) is 4.85. The number of hydrogen-bond donors (Lipinski definition) is 1. The summed E-state index contributed by atoms with van der Waals surface area (Å²) in [6.45, 7) is 12.5. The molecule has 0 unspecified atom stereocenters. The minimum absolute atomic E-state index is 0.175. The Hall–Kier alpha value is -2.69. The molecule has 3 aromatic rings. The Morgan fingerprint density at radius 1 is 1.03 bits per heavy atom. The lowest BCUT2D eigenvalue weighted by atomic mass is 10.1. The SMILES string of the molecule is CCCOc1ccc(S(=O)(=O)N2CCN(CC)CC2)cc1-c1nc2c(CCC)cn(CC)c2c(=O)[nH]1. The van der Waals surface area contributed by atoms with Crippen LogP contribution < -0.4 is 10.3 Å². The minimum atomic E-state index is -3.70. The Kier molecular flexibility index (Phi) is 8.17. The van der Waals surface area contributed by atoms with E-state index in [9.17, 15) is 13.2 Å². The second-order valence-electron chi connectivity index (χ2n) is 9.15. The van der Waals surface area contributed by atoms with Crippen molar-refractivity contribution in [3.63, 3.8) is 0 Å². The number of ether oxygens (including phenoxy) is 1. The van der Waals surface area contributed by atoms with Gasteiger partial charge in [0.15, 0.2) is 0 Å². The molecule has 0 bridgehead atoms. The molecular formula is C26H37N5O4S. The fourth-order valence-electron chi connectivity index (χ4n) is 4.73. The molecule has 0 spiro atoms. The molecule has 36 heavy (non-hydrogen) atoms. The molecule has 0 radical (unpaired) electrons. The number of aromatic nitrogens is 3. The van der Waals surface area contributed by atoms with Crippen LogP contribution in [0.2, 0.25) is 0 Å². The lowest BCUT2D eigenvalue weighted by molar-refractivity contribution is 0.196. The summed E-state index contributed by atoms with van der Waals surface area (Å²) < 4.78 is 36.5. The van der Waals surface area contributed by atoms with E-state index >= 15 is 0 Å². The molecule has 196 valence electrons. The molecule has 0 amide bonds. The Morgan fingerprint density at radius 2 is 1.78 bits per heavy atom. The summed E-state index contributed by atoms with van der Waals surface area (Å²) in [7, 11) is -3.70. The predicted octanol–water partition coefficient (Wildman–Crippen LogP) is 3.48. The van der Waals surface area contributed by atoms with Gasteiger partial charge in [0.1, 0.15) is 17.1 Å². The lowest BCUT2D eigenvalue weighted by Gasteiger charge is -2.33. The number of aromatic amines is 1. The normalized spacial score (nSPS) is 15.6. The smallest absolute Gasteiger partial charge is 0.275 e. The van der Waals surface area contributed by atoms with Gasteiger partial charge in [0, 0.05) is 38.9 Å². The highest BCUT2D eigenvalue weighted by molar-refractivity contribution is 7.89. The van der Waals surface area contributed by atoms with E-state index in [-0.39, 0.29) is 10.5 Å². The first kappa shape index (κ1) is 26.4. The predicted molar refractivity (Wildman–Crippen MR) is 142 cm³/mol. The van der Waals surface area contributed by atoms with Gasteiger partial charge in [0.25, 0.3) is 5.56 Å². The van der Waals surface area contributed by atoms with Crippen molar-refractivity contribution in [1.29, 1.82) is 0 Å². The third-order valence-corrected chi connectivity index (χ3v) is 8.64. The molecule has 1 aliphatic rings. The second-order valence-corrected chi connectivity index (χ2v) is 11.1. The summed E-state index contributed by atoms with van der Waals surface area (Å²) in [5.74, 6) is 0.818. The number of nitrogens with one attached hydrogen (secondary N) is 1. The van der Waals surface area contributed by atoms with Crippen molar-refractivity contribution in [1.82, 2.24) is 23.7 Å². The van der Waals surface area contributed by atoms with E-state index in [2.05, 4.69) is 23.7 Å². The van der Waals surface area contributed by atoms with Crippen LogP contribution >= 0.6 is 0 Å². The first-order chi connectivity index (χ1) is 17.3. The zero-order chi connectivity index (χ0) is 25.9. The van der Waals surface area contributed by atoms with Gasteiger partial charge in [-0.1, -0.05) is 27.2 Å². The Morgan fingerprint density at radius 3 is 2.42 bits per heavy atom. The van der Waals surface area contributed by atoms with Crippen molar-refractivity contribution in [2.75, 3.05) is 39.3 Å². The summed E-state index contributed by atoms with van der Waals surface area (Å²) in [6.07, 6.45) is 4.52. The fraction of sp³-hybridized carbons (Fsp3) is 0.538. The third kappa shape index (κ3) is 5.07. The molecule has 3 heterocycles. The van der Waals surface area contributed by atoms with E-state index in [1.165, 1.54) is 4.31 Å². The highest BCUT2D eigenvalue weighted by Crippen LogP contribution is 2.33. The Bertz CT molecular complexity index is 1370. The summed E-state index contributed by atoms with van der Waals surface area (Å²) >= 11 is 0. The number of aryl methyl sites for hydroxylation is 2. The molecule has 1 aromatic carbocycles. The van der Waals surface area contributed by atoms with Gasteiger partial charge in [0.2, 0.25) is 10.0 Å². The zero-order valence-electron chi connectivity index (χ0n) is 21.7. The molecule has 0 atom stereocenters. The zero-order valence-corrected chi connectivity index (χ0v) is 22.5. The van der Waals surface area contributed by atoms with E-state index in [0.29, 0.717) is 67.5 Å². The molecule has 0 aliphatic carbocycles. The Balaban J connectivity index is 1.83. The van der Waals surface area contributed by atoms with Crippen molar-refractivity contribution < 1.29 is 13.2 Å². The average molecular weight is 516 g/mol. The van der Waals surface area contributed by atoms with Crippen LogP contribution in [0.1, 0.15) is 46.1 Å². The number of benzene rings is 1. The number of H-pyrrole nitrogens is 1. The van der Waals surface area contributed by atoms with Gasteiger partial charge in [-0.15, -0.1) is 0 Å². The van der Waals surface area contributed by atoms with Crippen LogP contribution in [0.3, 0.4) is 0 Å². The van der Waals surface area contributed by atoms with Crippen molar-refractivity contribution in [2.24, 2.45) is 0 Å². The van der Waals surface area contributed by atoms with Crippen LogP contribution in [0.25, 0.3) is 22.4 Å². The number of likely N-dealkylation sites (N-methyl/N-ethyl adjacent to an activating group) is 1. The molecule has 2 aromatic heterocycles. The average Bonchev–Trinajstić information content (AvgIpc) is 3.25. The highest BCUT2D eigenvalue weighted by Gasteiger charge is 2.29. The maximum absolute atomic E-state index is 13.5. The van der Waals surface area contributed by atoms with Crippen LogP contribution in [0.4, 0.5) is 0 Å². The molecular weight excluding hydrogens is 478 g/mol. The molecule has 10 heteroatoms. The van der Waals surface area contributed by atoms with Gasteiger partial charge in [-0.3, -0.25) is 4.79 Å². The van der Waals surface area contributed by atoms with Gasteiger partial charge >= 0.3 is 0 Å². The molecule has 0 saturated carbocycles. The van der Waals surface area contributed by atoms with Crippen molar-refractivity contribution in [3.8, 4) is 17.1 Å². The van der Waals surface area contributed by atoms with Crippen LogP contribution in [0.5, 0.6) is 5.75 Å². The van der Waals surface area contributed by atoms with Crippen LogP contribution in [-0.4, -0.2) is 71.5 Å². The first-order valence-corrected chi connectivity index (χ1v) is 14.4. The third-order valence-electron chi connectivity index (χ3n) is 6.74. The number of fused-ring (bicyclic) bond motifs is 1. The summed E-state index contributed by atoms with van der Waals surface area (Å²) in [4.78, 5) is 23.4. The number of piperazine rings is 1. The second kappa shape index (κ2) is 11.1. The first-order valence-electron chi connectivity index (χ1n) is 13.0. The number of sulfonamides is 1. The largest absolute Gasteiger partial charge is 0.493 e. The van der Waals surface area contributed by atoms with Crippen molar-refractivity contribution in [2.45, 2.75) is 58.4 Å². The van der Waals surface area contributed by atoms with E-state index in [4.69, 9.17) is 9.72 Å².